The fraction of sp³-hybridized carbons (Fsp3) is 0.231. The molecule has 0 radical (unpaired) electrons. The first kappa shape index (κ1) is 15.5. The molecular formula is C13H14N2O4S2. The van der Waals surface area contributed by atoms with E-state index in [0.717, 1.165) is 16.9 Å². The van der Waals surface area contributed by atoms with Crippen molar-refractivity contribution in [2.75, 3.05) is 4.72 Å². The van der Waals surface area contributed by atoms with Crippen LogP contribution < -0.4 is 4.72 Å². The normalized spacial score (nSPS) is 11.4. The monoisotopic (exact) mass is 326 g/mol. The molecule has 6 nitrogen and oxygen atoms in total. The third-order valence-electron chi connectivity index (χ3n) is 2.72. The van der Waals surface area contributed by atoms with Crippen molar-refractivity contribution in [1.82, 2.24) is 4.98 Å². The van der Waals surface area contributed by atoms with Crippen molar-refractivity contribution in [2.45, 2.75) is 25.7 Å². The molecule has 112 valence electrons. The maximum absolute atomic E-state index is 12.4. The Hall–Kier alpha value is -1.93. The smallest absolute Gasteiger partial charge is 0.347 e. The number of anilines is 1. The molecule has 0 amide bonds. The third kappa shape index (κ3) is 3.22. The largest absolute Gasteiger partial charge is 0.477 e. The zero-order valence-corrected chi connectivity index (χ0v) is 13.3. The van der Waals surface area contributed by atoms with E-state index in [1.807, 2.05) is 13.0 Å². The first-order chi connectivity index (χ1) is 9.70. The number of hydrogen-bond donors (Lipinski definition) is 2. The standard InChI is InChI=1S/C13H14N2O4S2/c1-7-4-9(3)14-10(5-7)15-21(18,19)12-8(2)6-20-11(12)13(16)17/h4-6H,1-3H3,(H,14,15)(H,16,17). The van der Waals surface area contributed by atoms with Crippen LogP contribution in [0.4, 0.5) is 5.82 Å². The summed E-state index contributed by atoms with van der Waals surface area (Å²) < 4.78 is 27.2. The Kier molecular flexibility index (Phi) is 4.02. The van der Waals surface area contributed by atoms with E-state index in [0.29, 0.717) is 11.3 Å². The summed E-state index contributed by atoms with van der Waals surface area (Å²) in [5.41, 5.74) is 1.93. The van der Waals surface area contributed by atoms with Gasteiger partial charge in [-0.05, 0) is 49.4 Å². The SMILES string of the molecule is Cc1cc(C)nc(NS(=O)(=O)c2c(C)csc2C(=O)O)c1. The molecule has 0 bridgehead atoms. The summed E-state index contributed by atoms with van der Waals surface area (Å²) in [7, 11) is -3.99. The number of sulfonamides is 1. The molecule has 0 fully saturated rings. The second-order valence-electron chi connectivity index (χ2n) is 4.66. The van der Waals surface area contributed by atoms with Gasteiger partial charge in [0.15, 0.2) is 0 Å². The molecule has 2 aromatic rings. The van der Waals surface area contributed by atoms with Gasteiger partial charge in [0.2, 0.25) is 0 Å². The molecular weight excluding hydrogens is 312 g/mol. The fourth-order valence-electron chi connectivity index (χ4n) is 2.00. The predicted octanol–water partition coefficient (Wildman–Crippen LogP) is 2.57. The zero-order chi connectivity index (χ0) is 15.8. The number of pyridine rings is 1. The average Bonchev–Trinajstić information content (AvgIpc) is 2.69. The number of aromatic nitrogens is 1. The highest BCUT2D eigenvalue weighted by Gasteiger charge is 2.27. The molecule has 2 rings (SSSR count). The maximum atomic E-state index is 12.4. The van der Waals surface area contributed by atoms with Crippen molar-refractivity contribution in [3.63, 3.8) is 0 Å². The van der Waals surface area contributed by atoms with Crippen LogP contribution in [0.2, 0.25) is 0 Å². The molecule has 0 unspecified atom stereocenters. The molecule has 2 heterocycles. The minimum Gasteiger partial charge on any atom is -0.477 e. The quantitative estimate of drug-likeness (QED) is 0.900. The summed E-state index contributed by atoms with van der Waals surface area (Å²) in [6.45, 7) is 5.14. The van der Waals surface area contributed by atoms with Crippen LogP contribution in [0.3, 0.4) is 0 Å². The molecule has 21 heavy (non-hydrogen) atoms. The summed E-state index contributed by atoms with van der Waals surface area (Å²) in [4.78, 5) is 14.8. The van der Waals surface area contributed by atoms with Crippen LogP contribution in [0.25, 0.3) is 0 Å². The van der Waals surface area contributed by atoms with Crippen LogP contribution in [0, 0.1) is 20.8 Å². The molecule has 0 aliphatic carbocycles. The number of carbonyl (C=O) groups is 1. The van der Waals surface area contributed by atoms with E-state index in [-0.39, 0.29) is 15.6 Å². The lowest BCUT2D eigenvalue weighted by Crippen LogP contribution is -2.17. The molecule has 2 N–H and O–H groups in total. The Morgan fingerprint density at radius 1 is 1.29 bits per heavy atom. The molecule has 0 saturated carbocycles. The van der Waals surface area contributed by atoms with Crippen molar-refractivity contribution < 1.29 is 18.3 Å². The van der Waals surface area contributed by atoms with Crippen molar-refractivity contribution in [2.24, 2.45) is 0 Å². The van der Waals surface area contributed by atoms with Crippen LogP contribution in [-0.4, -0.2) is 24.5 Å². The van der Waals surface area contributed by atoms with Crippen molar-refractivity contribution >= 4 is 33.1 Å². The van der Waals surface area contributed by atoms with Gasteiger partial charge in [0, 0.05) is 5.69 Å². The Balaban J connectivity index is 2.48. The number of carboxylic acid groups (broad SMARTS) is 1. The summed E-state index contributed by atoms with van der Waals surface area (Å²) >= 11 is 0.889. The van der Waals surface area contributed by atoms with Crippen molar-refractivity contribution in [3.8, 4) is 0 Å². The van der Waals surface area contributed by atoms with Gasteiger partial charge in [-0.2, -0.15) is 0 Å². The molecule has 0 aliphatic rings. The number of carboxylic acids is 1. The fourth-order valence-corrected chi connectivity index (χ4v) is 4.62. The summed E-state index contributed by atoms with van der Waals surface area (Å²) in [5.74, 6) is -1.09. The van der Waals surface area contributed by atoms with Gasteiger partial charge in [-0.3, -0.25) is 4.72 Å². The highest BCUT2D eigenvalue weighted by molar-refractivity contribution is 7.93. The third-order valence-corrected chi connectivity index (χ3v) is 5.47. The van der Waals surface area contributed by atoms with Crippen LogP contribution in [0.5, 0.6) is 0 Å². The van der Waals surface area contributed by atoms with E-state index < -0.39 is 16.0 Å². The Morgan fingerprint density at radius 3 is 2.52 bits per heavy atom. The lowest BCUT2D eigenvalue weighted by molar-refractivity contribution is 0.0698. The molecule has 2 aromatic heterocycles. The van der Waals surface area contributed by atoms with Crippen molar-refractivity contribution in [1.29, 1.82) is 0 Å². The molecule has 0 spiro atoms. The average molecular weight is 326 g/mol. The first-order valence-corrected chi connectivity index (χ1v) is 8.36. The first-order valence-electron chi connectivity index (χ1n) is 6.00. The number of nitrogens with one attached hydrogen (secondary N) is 1. The van der Waals surface area contributed by atoms with Crippen molar-refractivity contribution in [3.05, 3.63) is 39.2 Å². The number of aromatic carboxylic acids is 1. The zero-order valence-electron chi connectivity index (χ0n) is 11.7. The van der Waals surface area contributed by atoms with Crippen LogP contribution in [-0.2, 0) is 10.0 Å². The van der Waals surface area contributed by atoms with E-state index >= 15 is 0 Å². The minimum absolute atomic E-state index is 0.175. The van der Waals surface area contributed by atoms with Gasteiger partial charge in [-0.15, -0.1) is 11.3 Å². The molecule has 0 aromatic carbocycles. The Bertz CT molecular complexity index is 789. The molecule has 0 saturated heterocycles. The maximum Gasteiger partial charge on any atom is 0.347 e. The topological polar surface area (TPSA) is 96.4 Å². The molecule has 8 heteroatoms. The van der Waals surface area contributed by atoms with E-state index in [2.05, 4.69) is 9.71 Å². The van der Waals surface area contributed by atoms with Gasteiger partial charge in [0.1, 0.15) is 15.6 Å². The minimum atomic E-state index is -3.99. The van der Waals surface area contributed by atoms with Gasteiger partial charge in [0.25, 0.3) is 10.0 Å². The van der Waals surface area contributed by atoms with Gasteiger partial charge >= 0.3 is 5.97 Å². The van der Waals surface area contributed by atoms with E-state index in [1.54, 1.807) is 19.9 Å². The number of rotatable bonds is 4. The number of hydrogen-bond acceptors (Lipinski definition) is 5. The number of nitrogens with zero attached hydrogens (tertiary/aromatic N) is 1. The van der Waals surface area contributed by atoms with Gasteiger partial charge < -0.3 is 5.11 Å². The van der Waals surface area contributed by atoms with Crippen LogP contribution >= 0.6 is 11.3 Å². The van der Waals surface area contributed by atoms with E-state index in [1.165, 1.54) is 5.38 Å². The van der Waals surface area contributed by atoms with Gasteiger partial charge in [-0.25, -0.2) is 18.2 Å². The highest BCUT2D eigenvalue weighted by Crippen LogP contribution is 2.28. The van der Waals surface area contributed by atoms with E-state index in [9.17, 15) is 13.2 Å². The Labute approximate surface area is 126 Å². The summed E-state index contributed by atoms with van der Waals surface area (Å²) in [6.07, 6.45) is 0. The Morgan fingerprint density at radius 2 is 1.95 bits per heavy atom. The highest BCUT2D eigenvalue weighted by atomic mass is 32.2. The summed E-state index contributed by atoms with van der Waals surface area (Å²) in [6, 6.07) is 3.41. The summed E-state index contributed by atoms with van der Waals surface area (Å²) in [5, 5.41) is 10.6. The predicted molar refractivity (Wildman–Crippen MR) is 80.5 cm³/mol. The lowest BCUT2D eigenvalue weighted by Gasteiger charge is -2.09. The number of aryl methyl sites for hydroxylation is 3. The van der Waals surface area contributed by atoms with Gasteiger partial charge in [0.05, 0.1) is 0 Å². The van der Waals surface area contributed by atoms with Gasteiger partial charge in [-0.1, -0.05) is 0 Å². The number of thiophene rings is 1. The van der Waals surface area contributed by atoms with Crippen LogP contribution in [0.15, 0.2) is 22.4 Å². The molecule has 0 atom stereocenters. The molecule has 0 aliphatic heterocycles. The second-order valence-corrected chi connectivity index (χ2v) is 7.16. The lowest BCUT2D eigenvalue weighted by atomic mass is 10.2. The second kappa shape index (κ2) is 5.45. The van der Waals surface area contributed by atoms with E-state index in [4.69, 9.17) is 5.11 Å². The van der Waals surface area contributed by atoms with Crippen LogP contribution in [0.1, 0.15) is 26.5 Å².